The van der Waals surface area contributed by atoms with Crippen molar-refractivity contribution in [3.63, 3.8) is 0 Å². The lowest BCUT2D eigenvalue weighted by molar-refractivity contribution is 0.414. The number of methoxy groups -OCH3 is 1. The van der Waals surface area contributed by atoms with Crippen molar-refractivity contribution in [3.05, 3.63) is 46.2 Å². The van der Waals surface area contributed by atoms with Crippen LogP contribution >= 0.6 is 11.3 Å². The van der Waals surface area contributed by atoms with E-state index in [-0.39, 0.29) is 0 Å². The predicted molar refractivity (Wildman–Crippen MR) is 72.3 cm³/mol. The summed E-state index contributed by atoms with van der Waals surface area (Å²) >= 11 is 1.84. The number of thiophene rings is 1. The van der Waals surface area contributed by atoms with E-state index >= 15 is 0 Å². The lowest BCUT2D eigenvalue weighted by atomic mass is 9.89. The van der Waals surface area contributed by atoms with Gasteiger partial charge in [0.25, 0.3) is 0 Å². The van der Waals surface area contributed by atoms with Gasteiger partial charge in [0.05, 0.1) is 7.11 Å². The normalized spacial score (nSPS) is 18.3. The summed E-state index contributed by atoms with van der Waals surface area (Å²) in [7, 11) is 1.72. The molecule has 2 nitrogen and oxygen atoms in total. The predicted octanol–water partition coefficient (Wildman–Crippen LogP) is 3.70. The molecule has 17 heavy (non-hydrogen) atoms. The second-order valence-corrected chi connectivity index (χ2v) is 5.22. The average molecular weight is 245 g/mol. The summed E-state index contributed by atoms with van der Waals surface area (Å²) in [5.74, 6) is 1.45. The standard InChI is InChI=1S/C14H15NOS/c1-16-10-4-5-13-12(9-10)11(6-7-15-13)14-3-2-8-17-14/h2-5,8-9,11,15H,6-7H2,1H3. The number of hydrogen-bond donors (Lipinski definition) is 1. The molecule has 1 unspecified atom stereocenters. The van der Waals surface area contributed by atoms with E-state index in [2.05, 4.69) is 35.0 Å². The number of rotatable bonds is 2. The molecule has 0 amide bonds. The third-order valence-corrected chi connectivity index (χ3v) is 4.26. The molecule has 1 aromatic carbocycles. The number of hydrogen-bond acceptors (Lipinski definition) is 3. The summed E-state index contributed by atoms with van der Waals surface area (Å²) in [5, 5.41) is 5.60. The molecule has 0 fully saturated rings. The first-order valence-corrected chi connectivity index (χ1v) is 6.71. The molecular formula is C14H15NOS. The zero-order valence-corrected chi connectivity index (χ0v) is 10.6. The third-order valence-electron chi connectivity index (χ3n) is 3.27. The molecule has 2 aromatic rings. The van der Waals surface area contributed by atoms with Crippen LogP contribution in [-0.2, 0) is 0 Å². The molecule has 0 radical (unpaired) electrons. The van der Waals surface area contributed by atoms with Crippen LogP contribution in [0.2, 0.25) is 0 Å². The summed E-state index contributed by atoms with van der Waals surface area (Å²) in [6.07, 6.45) is 1.15. The van der Waals surface area contributed by atoms with Crippen molar-refractivity contribution < 1.29 is 4.74 Å². The molecule has 3 heteroatoms. The largest absolute Gasteiger partial charge is 0.497 e. The Morgan fingerprint density at radius 2 is 2.29 bits per heavy atom. The maximum absolute atomic E-state index is 5.32. The van der Waals surface area contributed by atoms with Gasteiger partial charge in [-0.3, -0.25) is 0 Å². The van der Waals surface area contributed by atoms with Crippen LogP contribution in [0.1, 0.15) is 22.8 Å². The second kappa shape index (κ2) is 4.41. The van der Waals surface area contributed by atoms with Crippen LogP contribution in [0.15, 0.2) is 35.7 Å². The number of fused-ring (bicyclic) bond motifs is 1. The van der Waals surface area contributed by atoms with Gasteiger partial charge < -0.3 is 10.1 Å². The van der Waals surface area contributed by atoms with Gasteiger partial charge in [-0.15, -0.1) is 11.3 Å². The molecule has 1 atom stereocenters. The minimum absolute atomic E-state index is 0.515. The monoisotopic (exact) mass is 245 g/mol. The topological polar surface area (TPSA) is 21.3 Å². The van der Waals surface area contributed by atoms with Crippen LogP contribution in [0.3, 0.4) is 0 Å². The highest BCUT2D eigenvalue weighted by atomic mass is 32.1. The fraction of sp³-hybridized carbons (Fsp3) is 0.286. The molecule has 1 aliphatic heterocycles. The van der Waals surface area contributed by atoms with Gasteiger partial charge in [-0.1, -0.05) is 6.07 Å². The Hall–Kier alpha value is -1.48. The molecule has 2 heterocycles. The third kappa shape index (κ3) is 1.91. The van der Waals surface area contributed by atoms with Crippen molar-refractivity contribution in [2.75, 3.05) is 19.0 Å². The number of ether oxygens (including phenoxy) is 1. The van der Waals surface area contributed by atoms with E-state index in [1.54, 1.807) is 7.11 Å². The summed E-state index contributed by atoms with van der Waals surface area (Å²) < 4.78 is 5.32. The van der Waals surface area contributed by atoms with Crippen LogP contribution in [0, 0.1) is 0 Å². The van der Waals surface area contributed by atoms with Crippen molar-refractivity contribution in [1.82, 2.24) is 0 Å². The van der Waals surface area contributed by atoms with Gasteiger partial charge in [0.15, 0.2) is 0 Å². The zero-order valence-electron chi connectivity index (χ0n) is 9.77. The van der Waals surface area contributed by atoms with Crippen LogP contribution < -0.4 is 10.1 Å². The molecule has 0 saturated carbocycles. The summed E-state index contributed by atoms with van der Waals surface area (Å²) in [5.41, 5.74) is 2.61. The smallest absolute Gasteiger partial charge is 0.119 e. The molecule has 0 aliphatic carbocycles. The van der Waals surface area contributed by atoms with Gasteiger partial charge in [0.2, 0.25) is 0 Å². The first-order chi connectivity index (χ1) is 8.38. The van der Waals surface area contributed by atoms with E-state index < -0.39 is 0 Å². The first-order valence-electron chi connectivity index (χ1n) is 5.83. The van der Waals surface area contributed by atoms with Crippen molar-refractivity contribution in [2.24, 2.45) is 0 Å². The second-order valence-electron chi connectivity index (χ2n) is 4.24. The van der Waals surface area contributed by atoms with Crippen LogP contribution in [0.4, 0.5) is 5.69 Å². The maximum Gasteiger partial charge on any atom is 0.119 e. The molecule has 1 aromatic heterocycles. The number of nitrogens with one attached hydrogen (secondary N) is 1. The molecule has 1 N–H and O–H groups in total. The Morgan fingerprint density at radius 1 is 1.35 bits per heavy atom. The van der Waals surface area contributed by atoms with E-state index in [0.29, 0.717) is 5.92 Å². The van der Waals surface area contributed by atoms with Gasteiger partial charge in [0.1, 0.15) is 5.75 Å². The van der Waals surface area contributed by atoms with Gasteiger partial charge in [0, 0.05) is 23.0 Å². The molecule has 0 saturated heterocycles. The van der Waals surface area contributed by atoms with Gasteiger partial charge in [-0.05, 0) is 41.6 Å². The molecule has 88 valence electrons. The molecular weight excluding hydrogens is 230 g/mol. The van der Waals surface area contributed by atoms with Crippen molar-refractivity contribution in [2.45, 2.75) is 12.3 Å². The van der Waals surface area contributed by atoms with E-state index in [0.717, 1.165) is 18.7 Å². The maximum atomic E-state index is 5.32. The van der Waals surface area contributed by atoms with E-state index in [1.165, 1.54) is 16.1 Å². The summed E-state index contributed by atoms with van der Waals surface area (Å²) in [4.78, 5) is 1.45. The van der Waals surface area contributed by atoms with Crippen molar-refractivity contribution >= 4 is 17.0 Å². The van der Waals surface area contributed by atoms with Crippen LogP contribution in [0.25, 0.3) is 0 Å². The molecule has 3 rings (SSSR count). The Balaban J connectivity index is 2.06. The highest BCUT2D eigenvalue weighted by Crippen LogP contribution is 2.39. The minimum atomic E-state index is 0.515. The Morgan fingerprint density at radius 3 is 3.06 bits per heavy atom. The van der Waals surface area contributed by atoms with Crippen molar-refractivity contribution in [1.29, 1.82) is 0 Å². The molecule has 0 bridgehead atoms. The SMILES string of the molecule is COc1ccc2c(c1)C(c1cccs1)CCN2. The zero-order chi connectivity index (χ0) is 11.7. The summed E-state index contributed by atoms with van der Waals surface area (Å²) in [6, 6.07) is 10.6. The lowest BCUT2D eigenvalue weighted by Crippen LogP contribution is -2.16. The molecule has 0 spiro atoms. The Labute approximate surface area is 105 Å². The molecule has 1 aliphatic rings. The number of anilines is 1. The summed E-state index contributed by atoms with van der Waals surface area (Å²) in [6.45, 7) is 1.04. The average Bonchev–Trinajstić information content (AvgIpc) is 2.91. The van der Waals surface area contributed by atoms with E-state index in [1.807, 2.05) is 17.4 Å². The van der Waals surface area contributed by atoms with E-state index in [9.17, 15) is 0 Å². The van der Waals surface area contributed by atoms with Gasteiger partial charge in [-0.25, -0.2) is 0 Å². The van der Waals surface area contributed by atoms with Crippen LogP contribution in [-0.4, -0.2) is 13.7 Å². The lowest BCUT2D eigenvalue weighted by Gasteiger charge is -2.26. The first kappa shape index (κ1) is 10.7. The Bertz CT molecular complexity index is 507. The van der Waals surface area contributed by atoms with E-state index in [4.69, 9.17) is 4.74 Å². The van der Waals surface area contributed by atoms with Crippen molar-refractivity contribution in [3.8, 4) is 5.75 Å². The van der Waals surface area contributed by atoms with Crippen LogP contribution in [0.5, 0.6) is 5.75 Å². The quantitative estimate of drug-likeness (QED) is 0.871. The highest BCUT2D eigenvalue weighted by molar-refractivity contribution is 7.10. The van der Waals surface area contributed by atoms with Gasteiger partial charge >= 0.3 is 0 Å². The Kier molecular flexibility index (Phi) is 2.77. The fourth-order valence-corrected chi connectivity index (χ4v) is 3.29. The number of benzene rings is 1. The minimum Gasteiger partial charge on any atom is -0.497 e. The highest BCUT2D eigenvalue weighted by Gasteiger charge is 2.22. The van der Waals surface area contributed by atoms with Gasteiger partial charge in [-0.2, -0.15) is 0 Å². The fourth-order valence-electron chi connectivity index (χ4n) is 2.41.